The quantitative estimate of drug-likeness (QED) is 0.616. The fraction of sp³-hybridized carbons (Fsp3) is 0.286. The van der Waals surface area contributed by atoms with Crippen LogP contribution >= 0.6 is 0 Å². The molecule has 0 spiro atoms. The normalized spacial score (nSPS) is 16.7. The van der Waals surface area contributed by atoms with E-state index < -0.39 is 18.1 Å². The van der Waals surface area contributed by atoms with Gasteiger partial charge in [0.2, 0.25) is 0 Å². The lowest BCUT2D eigenvalue weighted by molar-refractivity contribution is -0.141. The third kappa shape index (κ3) is 2.45. The van der Waals surface area contributed by atoms with Crippen molar-refractivity contribution in [3.05, 3.63) is 42.5 Å². The molecule has 0 aliphatic carbocycles. The van der Waals surface area contributed by atoms with E-state index in [2.05, 4.69) is 6.58 Å². The molecule has 1 aliphatic rings. The number of esters is 1. The molecule has 0 saturated carbocycles. The van der Waals surface area contributed by atoms with Crippen molar-refractivity contribution in [1.82, 2.24) is 0 Å². The van der Waals surface area contributed by atoms with E-state index in [0.717, 1.165) is 5.56 Å². The second kappa shape index (κ2) is 5.56. The van der Waals surface area contributed by atoms with Crippen molar-refractivity contribution in [3.63, 3.8) is 0 Å². The Morgan fingerprint density at radius 2 is 2.21 bits per heavy atom. The highest BCUT2D eigenvalue weighted by molar-refractivity contribution is 5.98. The summed E-state index contributed by atoms with van der Waals surface area (Å²) in [5.74, 6) is -0.452. The van der Waals surface area contributed by atoms with E-state index in [9.17, 15) is 9.59 Å². The number of fused-ring (bicyclic) bond motifs is 1. The second-order valence-corrected chi connectivity index (χ2v) is 4.11. The largest absolute Gasteiger partial charge is 0.467 e. The first-order chi connectivity index (χ1) is 9.19. The molecule has 5 nitrogen and oxygen atoms in total. The van der Waals surface area contributed by atoms with Crippen molar-refractivity contribution in [2.75, 3.05) is 18.6 Å². The molecule has 5 heteroatoms. The standard InChI is InChI=1S/C14H15NO4/c1-3-8-19-14(17)15-11-7-5-4-6-10(11)9-12(15)13(16)18-2/h3-7,12H,1,8-9H2,2H3/t12-/m1/s1. The van der Waals surface area contributed by atoms with Crippen molar-refractivity contribution < 1.29 is 19.1 Å². The third-order valence-corrected chi connectivity index (χ3v) is 2.97. The molecule has 1 aliphatic heterocycles. The lowest BCUT2D eigenvalue weighted by atomic mass is 10.1. The average Bonchev–Trinajstić information content (AvgIpc) is 2.83. The van der Waals surface area contributed by atoms with Crippen LogP contribution in [-0.2, 0) is 20.7 Å². The zero-order chi connectivity index (χ0) is 13.8. The Balaban J connectivity index is 2.30. The fourth-order valence-corrected chi connectivity index (χ4v) is 2.14. The number of benzene rings is 1. The van der Waals surface area contributed by atoms with Gasteiger partial charge in [0.1, 0.15) is 12.6 Å². The Kier molecular flexibility index (Phi) is 3.85. The number of hydrogen-bond donors (Lipinski definition) is 0. The van der Waals surface area contributed by atoms with Crippen LogP contribution < -0.4 is 4.90 Å². The van der Waals surface area contributed by atoms with Gasteiger partial charge in [0.05, 0.1) is 12.8 Å². The molecule has 0 saturated heterocycles. The maximum absolute atomic E-state index is 12.0. The van der Waals surface area contributed by atoms with Crippen LogP contribution in [-0.4, -0.2) is 31.8 Å². The molecule has 1 aromatic carbocycles. The molecular formula is C14H15NO4. The minimum Gasteiger partial charge on any atom is -0.467 e. The SMILES string of the molecule is C=CCOC(=O)N1c2ccccc2C[C@@H]1C(=O)OC. The van der Waals surface area contributed by atoms with Crippen LogP contribution in [0.4, 0.5) is 10.5 Å². The van der Waals surface area contributed by atoms with E-state index in [0.29, 0.717) is 12.1 Å². The van der Waals surface area contributed by atoms with Gasteiger partial charge in [-0.15, -0.1) is 0 Å². The van der Waals surface area contributed by atoms with Gasteiger partial charge in [0.25, 0.3) is 0 Å². The Hall–Kier alpha value is -2.30. The number of carbonyl (C=O) groups excluding carboxylic acids is 2. The first-order valence-electron chi connectivity index (χ1n) is 5.91. The number of rotatable bonds is 3. The molecule has 1 amide bonds. The van der Waals surface area contributed by atoms with Crippen molar-refractivity contribution in [1.29, 1.82) is 0 Å². The van der Waals surface area contributed by atoms with Crippen LogP contribution in [0.1, 0.15) is 5.56 Å². The summed E-state index contributed by atoms with van der Waals surface area (Å²) in [4.78, 5) is 25.2. The van der Waals surface area contributed by atoms with Gasteiger partial charge in [-0.3, -0.25) is 4.90 Å². The van der Waals surface area contributed by atoms with Crippen molar-refractivity contribution >= 4 is 17.7 Å². The number of amides is 1. The van der Waals surface area contributed by atoms with Crippen molar-refractivity contribution in [2.24, 2.45) is 0 Å². The van der Waals surface area contributed by atoms with Gasteiger partial charge in [0.15, 0.2) is 0 Å². The Labute approximate surface area is 111 Å². The highest BCUT2D eigenvalue weighted by Gasteiger charge is 2.39. The molecule has 100 valence electrons. The summed E-state index contributed by atoms with van der Waals surface area (Å²) < 4.78 is 9.76. The maximum Gasteiger partial charge on any atom is 0.415 e. The topological polar surface area (TPSA) is 55.8 Å². The smallest absolute Gasteiger partial charge is 0.415 e. The summed E-state index contributed by atoms with van der Waals surface area (Å²) in [6.45, 7) is 3.59. The molecule has 0 radical (unpaired) electrons. The van der Waals surface area contributed by atoms with E-state index >= 15 is 0 Å². The molecule has 0 aromatic heterocycles. The summed E-state index contributed by atoms with van der Waals surface area (Å²) in [5.41, 5.74) is 1.61. The average molecular weight is 261 g/mol. The molecule has 1 heterocycles. The van der Waals surface area contributed by atoms with Crippen LogP contribution in [0.2, 0.25) is 0 Å². The molecule has 0 fully saturated rings. The Bertz CT molecular complexity index is 512. The number of methoxy groups -OCH3 is 1. The minimum atomic E-state index is -0.667. The zero-order valence-electron chi connectivity index (χ0n) is 10.7. The monoisotopic (exact) mass is 261 g/mol. The summed E-state index contributed by atoms with van der Waals surface area (Å²) in [7, 11) is 1.30. The zero-order valence-corrected chi connectivity index (χ0v) is 10.7. The second-order valence-electron chi connectivity index (χ2n) is 4.11. The minimum absolute atomic E-state index is 0.103. The van der Waals surface area contributed by atoms with Crippen LogP contribution in [0, 0.1) is 0 Å². The van der Waals surface area contributed by atoms with Crippen LogP contribution in [0.3, 0.4) is 0 Å². The molecule has 0 unspecified atom stereocenters. The predicted molar refractivity (Wildman–Crippen MR) is 70.0 cm³/mol. The van der Waals surface area contributed by atoms with E-state index in [1.54, 1.807) is 6.07 Å². The summed E-state index contributed by atoms with van der Waals surface area (Å²) in [5, 5.41) is 0. The van der Waals surface area contributed by atoms with E-state index in [1.165, 1.54) is 18.1 Å². The lowest BCUT2D eigenvalue weighted by Gasteiger charge is -2.22. The van der Waals surface area contributed by atoms with Crippen molar-refractivity contribution in [3.8, 4) is 0 Å². The summed E-state index contributed by atoms with van der Waals surface area (Å²) >= 11 is 0. The van der Waals surface area contributed by atoms with Gasteiger partial charge in [-0.05, 0) is 11.6 Å². The molecule has 19 heavy (non-hydrogen) atoms. The number of para-hydroxylation sites is 1. The fourth-order valence-electron chi connectivity index (χ4n) is 2.14. The molecule has 1 atom stereocenters. The van der Waals surface area contributed by atoms with E-state index in [4.69, 9.17) is 9.47 Å². The Morgan fingerprint density at radius 3 is 2.89 bits per heavy atom. The van der Waals surface area contributed by atoms with Crippen LogP contribution in [0.5, 0.6) is 0 Å². The van der Waals surface area contributed by atoms with Crippen molar-refractivity contribution in [2.45, 2.75) is 12.5 Å². The van der Waals surface area contributed by atoms with Crippen LogP contribution in [0.25, 0.3) is 0 Å². The summed E-state index contributed by atoms with van der Waals surface area (Å²) in [6.07, 6.45) is 1.35. The first-order valence-corrected chi connectivity index (χ1v) is 5.91. The molecule has 0 bridgehead atoms. The number of ether oxygens (including phenoxy) is 2. The number of nitrogens with zero attached hydrogens (tertiary/aromatic N) is 1. The van der Waals surface area contributed by atoms with Gasteiger partial charge in [0, 0.05) is 6.42 Å². The molecular weight excluding hydrogens is 246 g/mol. The Morgan fingerprint density at radius 1 is 1.47 bits per heavy atom. The van der Waals surface area contributed by atoms with Crippen LogP contribution in [0.15, 0.2) is 36.9 Å². The lowest BCUT2D eigenvalue weighted by Crippen LogP contribution is -2.43. The molecule has 2 rings (SSSR count). The van der Waals surface area contributed by atoms with Gasteiger partial charge in [-0.2, -0.15) is 0 Å². The van der Waals surface area contributed by atoms with Gasteiger partial charge in [-0.25, -0.2) is 9.59 Å². The van der Waals surface area contributed by atoms with E-state index in [1.807, 2.05) is 18.2 Å². The highest BCUT2D eigenvalue weighted by Crippen LogP contribution is 2.33. The van der Waals surface area contributed by atoms with E-state index in [-0.39, 0.29) is 6.61 Å². The summed E-state index contributed by atoms with van der Waals surface area (Å²) in [6, 6.07) is 6.68. The maximum atomic E-state index is 12.0. The highest BCUT2D eigenvalue weighted by atomic mass is 16.6. The third-order valence-electron chi connectivity index (χ3n) is 2.97. The molecule has 0 N–H and O–H groups in total. The number of carbonyl (C=O) groups is 2. The number of anilines is 1. The first kappa shape index (κ1) is 13.1. The van der Waals surface area contributed by atoms with Gasteiger partial charge in [-0.1, -0.05) is 30.9 Å². The number of hydrogen-bond acceptors (Lipinski definition) is 4. The molecule has 1 aromatic rings. The van der Waals surface area contributed by atoms with Gasteiger partial charge < -0.3 is 9.47 Å². The van der Waals surface area contributed by atoms with Gasteiger partial charge >= 0.3 is 12.1 Å². The predicted octanol–water partition coefficient (Wildman–Crippen LogP) is 1.91.